The molecule has 43 valence electrons. The zero-order valence-corrected chi connectivity index (χ0v) is 4.40. The van der Waals surface area contributed by atoms with Crippen LogP contribution in [0.25, 0.3) is 11.2 Å². The van der Waals surface area contributed by atoms with Crippen LogP contribution in [-0.2, 0) is 0 Å². The minimum atomic E-state index is 0.498. The maximum atomic E-state index is 4.78. The fourth-order valence-corrected chi connectivity index (χ4v) is 0.585. The van der Waals surface area contributed by atoms with Crippen molar-refractivity contribution in [1.29, 1.82) is 0 Å². The lowest BCUT2D eigenvalue weighted by atomic mass is 10.5. The Morgan fingerprint density at radius 2 is 2.56 bits per heavy atom. The average molecular weight is 120 g/mol. The van der Waals surface area contributed by atoms with Gasteiger partial charge in [0.05, 0.1) is 6.20 Å². The third-order valence-corrected chi connectivity index (χ3v) is 0.973. The van der Waals surface area contributed by atoms with Gasteiger partial charge in [-0.15, -0.1) is 5.10 Å². The van der Waals surface area contributed by atoms with Crippen molar-refractivity contribution in [2.24, 2.45) is 0 Å². The normalized spacial score (nSPS) is 10.2. The Morgan fingerprint density at radius 1 is 1.56 bits per heavy atom. The van der Waals surface area contributed by atoms with Gasteiger partial charge < -0.3 is 4.42 Å². The smallest absolute Gasteiger partial charge is 0.286 e. The molecule has 0 saturated heterocycles. The van der Waals surface area contributed by atoms with E-state index in [9.17, 15) is 0 Å². The molecular formula is C5H2N3O. The second kappa shape index (κ2) is 1.51. The van der Waals surface area contributed by atoms with Crippen molar-refractivity contribution >= 4 is 11.2 Å². The average Bonchev–Trinajstić information content (AvgIpc) is 2.33. The van der Waals surface area contributed by atoms with Crippen LogP contribution in [0, 0.1) is 6.39 Å². The van der Waals surface area contributed by atoms with Gasteiger partial charge in [0.1, 0.15) is 0 Å². The van der Waals surface area contributed by atoms with Gasteiger partial charge in [-0.3, -0.25) is 0 Å². The van der Waals surface area contributed by atoms with Gasteiger partial charge in [-0.05, 0) is 0 Å². The van der Waals surface area contributed by atoms with Crippen molar-refractivity contribution in [2.45, 2.75) is 0 Å². The highest BCUT2D eigenvalue weighted by atomic mass is 16.3. The first-order valence-electron chi connectivity index (χ1n) is 2.41. The third kappa shape index (κ3) is 0.561. The van der Waals surface area contributed by atoms with Crippen LogP contribution in [0.2, 0.25) is 0 Å². The first-order chi connectivity index (χ1) is 4.47. The molecule has 4 nitrogen and oxygen atoms in total. The number of fused-ring (bicyclic) bond motifs is 1. The highest BCUT2D eigenvalue weighted by molar-refractivity contribution is 5.64. The van der Waals surface area contributed by atoms with Gasteiger partial charge in [0.2, 0.25) is 5.65 Å². The van der Waals surface area contributed by atoms with Crippen LogP contribution in [0.4, 0.5) is 0 Å². The van der Waals surface area contributed by atoms with E-state index in [2.05, 4.69) is 21.6 Å². The second-order valence-corrected chi connectivity index (χ2v) is 1.52. The van der Waals surface area contributed by atoms with Crippen LogP contribution in [0.5, 0.6) is 0 Å². The standard InChI is InChI=1S/C5H2N3O/c1-2-7-8-5-4(1)9-3-6-5/h1-2H. The maximum Gasteiger partial charge on any atom is 0.286 e. The first kappa shape index (κ1) is 4.43. The first-order valence-corrected chi connectivity index (χ1v) is 2.41. The summed E-state index contributed by atoms with van der Waals surface area (Å²) < 4.78 is 4.78. The van der Waals surface area contributed by atoms with Crippen molar-refractivity contribution in [1.82, 2.24) is 15.2 Å². The minimum absolute atomic E-state index is 0.498. The highest BCUT2D eigenvalue weighted by Crippen LogP contribution is 2.03. The molecule has 2 heterocycles. The fourth-order valence-electron chi connectivity index (χ4n) is 0.585. The van der Waals surface area contributed by atoms with Crippen molar-refractivity contribution in [3.8, 4) is 0 Å². The summed E-state index contributed by atoms with van der Waals surface area (Å²) in [6.07, 6.45) is 3.85. The number of hydrogen-bond acceptors (Lipinski definition) is 4. The molecule has 0 spiro atoms. The molecule has 0 N–H and O–H groups in total. The molecule has 2 aromatic heterocycles. The molecule has 0 saturated carbocycles. The van der Waals surface area contributed by atoms with Gasteiger partial charge >= 0.3 is 0 Å². The molecule has 9 heavy (non-hydrogen) atoms. The van der Waals surface area contributed by atoms with Gasteiger partial charge in [0, 0.05) is 6.07 Å². The van der Waals surface area contributed by atoms with Crippen LogP contribution >= 0.6 is 0 Å². The molecule has 0 aliphatic rings. The van der Waals surface area contributed by atoms with Gasteiger partial charge in [-0.1, -0.05) is 0 Å². The Kier molecular flexibility index (Phi) is 0.745. The molecule has 0 bridgehead atoms. The van der Waals surface area contributed by atoms with E-state index < -0.39 is 0 Å². The summed E-state index contributed by atoms with van der Waals surface area (Å²) in [6.45, 7) is 0. The van der Waals surface area contributed by atoms with E-state index in [0.717, 1.165) is 0 Å². The van der Waals surface area contributed by atoms with E-state index in [4.69, 9.17) is 4.42 Å². The Labute approximate surface area is 50.5 Å². The van der Waals surface area contributed by atoms with E-state index in [-0.39, 0.29) is 0 Å². The molecule has 2 rings (SSSR count). The predicted molar refractivity (Wildman–Crippen MR) is 28.4 cm³/mol. The summed E-state index contributed by atoms with van der Waals surface area (Å²) in [6, 6.07) is 1.69. The predicted octanol–water partition coefficient (Wildman–Crippen LogP) is 0.418. The van der Waals surface area contributed by atoms with Crippen LogP contribution in [0.3, 0.4) is 0 Å². The Bertz CT molecular complexity index is 286. The second-order valence-electron chi connectivity index (χ2n) is 1.52. The van der Waals surface area contributed by atoms with Gasteiger partial charge in [0.25, 0.3) is 6.39 Å². The molecule has 0 fully saturated rings. The monoisotopic (exact) mass is 120 g/mol. The Balaban J connectivity index is 2.95. The van der Waals surface area contributed by atoms with E-state index in [0.29, 0.717) is 11.2 Å². The number of hydrogen-bond donors (Lipinski definition) is 0. The molecule has 0 aliphatic carbocycles. The summed E-state index contributed by atoms with van der Waals surface area (Å²) in [5.41, 5.74) is 1.11. The quantitative estimate of drug-likeness (QED) is 0.505. The zero-order valence-electron chi connectivity index (χ0n) is 4.40. The lowest BCUT2D eigenvalue weighted by molar-refractivity contribution is 0.590. The summed E-state index contributed by atoms with van der Waals surface area (Å²) >= 11 is 0. The van der Waals surface area contributed by atoms with Crippen LogP contribution < -0.4 is 0 Å². The van der Waals surface area contributed by atoms with E-state index in [1.54, 1.807) is 12.3 Å². The van der Waals surface area contributed by atoms with Crippen LogP contribution in [-0.4, -0.2) is 15.2 Å². The van der Waals surface area contributed by atoms with E-state index >= 15 is 0 Å². The Morgan fingerprint density at radius 3 is 3.44 bits per heavy atom. The number of oxazole rings is 1. The van der Waals surface area contributed by atoms with Crippen molar-refractivity contribution in [3.05, 3.63) is 18.7 Å². The number of aromatic nitrogens is 3. The topological polar surface area (TPSA) is 51.8 Å². The summed E-state index contributed by atoms with van der Waals surface area (Å²) in [5.74, 6) is 0. The van der Waals surface area contributed by atoms with E-state index in [1.165, 1.54) is 0 Å². The summed E-state index contributed by atoms with van der Waals surface area (Å²) in [5, 5.41) is 7.25. The van der Waals surface area contributed by atoms with Crippen molar-refractivity contribution in [3.63, 3.8) is 0 Å². The molecule has 1 radical (unpaired) electrons. The summed E-state index contributed by atoms with van der Waals surface area (Å²) in [4.78, 5) is 3.65. The SMILES string of the molecule is [c]1nc2nnccc2o1. The van der Waals surface area contributed by atoms with Crippen molar-refractivity contribution < 1.29 is 4.42 Å². The number of rotatable bonds is 0. The third-order valence-electron chi connectivity index (χ3n) is 0.973. The fraction of sp³-hybridized carbons (Fsp3) is 0. The van der Waals surface area contributed by atoms with Crippen LogP contribution in [0.15, 0.2) is 16.7 Å². The number of nitrogens with zero attached hydrogens (tertiary/aromatic N) is 3. The van der Waals surface area contributed by atoms with Crippen molar-refractivity contribution in [2.75, 3.05) is 0 Å². The molecule has 0 unspecified atom stereocenters. The van der Waals surface area contributed by atoms with E-state index in [1.807, 2.05) is 0 Å². The van der Waals surface area contributed by atoms with Crippen LogP contribution in [0.1, 0.15) is 0 Å². The molecular weight excluding hydrogens is 118 g/mol. The van der Waals surface area contributed by atoms with Gasteiger partial charge in [0.15, 0.2) is 5.58 Å². The lowest BCUT2D eigenvalue weighted by Crippen LogP contribution is -1.77. The molecule has 0 amide bonds. The largest absolute Gasteiger partial charge is 0.430 e. The molecule has 2 aromatic rings. The van der Waals surface area contributed by atoms with Gasteiger partial charge in [-0.2, -0.15) is 10.1 Å². The molecule has 0 atom stereocenters. The molecule has 0 aliphatic heterocycles. The summed E-state index contributed by atoms with van der Waals surface area (Å²) in [7, 11) is 0. The highest BCUT2D eigenvalue weighted by Gasteiger charge is 1.95. The molecule has 4 heteroatoms. The minimum Gasteiger partial charge on any atom is -0.430 e. The van der Waals surface area contributed by atoms with Gasteiger partial charge in [-0.25, -0.2) is 0 Å². The maximum absolute atomic E-state index is 4.78. The zero-order chi connectivity index (χ0) is 6.10. The Hall–Kier alpha value is -1.45. The lowest BCUT2D eigenvalue weighted by Gasteiger charge is -1.77. The molecule has 0 aromatic carbocycles.